The normalized spacial score (nSPS) is 16.4. The average molecular weight is 232 g/mol. The molecule has 0 aliphatic heterocycles. The van der Waals surface area contributed by atoms with Crippen LogP contribution in [0.15, 0.2) is 12.1 Å². The van der Waals surface area contributed by atoms with Gasteiger partial charge in [0, 0.05) is 6.54 Å². The van der Waals surface area contributed by atoms with E-state index in [1.54, 1.807) is 0 Å². The summed E-state index contributed by atoms with van der Waals surface area (Å²) < 4.78 is 0. The highest BCUT2D eigenvalue weighted by molar-refractivity contribution is 5.68. The van der Waals surface area contributed by atoms with E-state index in [-0.39, 0.29) is 0 Å². The summed E-state index contributed by atoms with van der Waals surface area (Å²) in [4.78, 5) is 0. The van der Waals surface area contributed by atoms with Crippen molar-refractivity contribution >= 4 is 11.4 Å². The molecule has 1 aliphatic rings. The van der Waals surface area contributed by atoms with E-state index >= 15 is 0 Å². The van der Waals surface area contributed by atoms with Gasteiger partial charge in [-0.2, -0.15) is 0 Å². The first-order chi connectivity index (χ1) is 8.16. The number of hydrogen-bond donors (Lipinski definition) is 2. The van der Waals surface area contributed by atoms with Crippen LogP contribution in [0.3, 0.4) is 0 Å². The van der Waals surface area contributed by atoms with Crippen molar-refractivity contribution in [2.75, 3.05) is 17.6 Å². The van der Waals surface area contributed by atoms with Crippen LogP contribution in [0, 0.1) is 19.8 Å². The Morgan fingerprint density at radius 2 is 1.82 bits per heavy atom. The zero-order valence-electron chi connectivity index (χ0n) is 11.1. The molecule has 94 valence electrons. The molecule has 17 heavy (non-hydrogen) atoms. The predicted octanol–water partition coefficient (Wildman–Crippen LogP) is 3.88. The van der Waals surface area contributed by atoms with Crippen molar-refractivity contribution in [3.8, 4) is 0 Å². The summed E-state index contributed by atoms with van der Waals surface area (Å²) in [5.41, 5.74) is 10.6. The second-order valence-electron chi connectivity index (χ2n) is 5.39. The molecule has 2 nitrogen and oxygen atoms in total. The molecule has 0 heterocycles. The number of rotatable bonds is 4. The van der Waals surface area contributed by atoms with Gasteiger partial charge in [-0.15, -0.1) is 0 Å². The van der Waals surface area contributed by atoms with Gasteiger partial charge in [0.25, 0.3) is 0 Å². The number of aryl methyl sites for hydroxylation is 2. The molecule has 2 rings (SSSR count). The van der Waals surface area contributed by atoms with Crippen LogP contribution < -0.4 is 11.1 Å². The van der Waals surface area contributed by atoms with Gasteiger partial charge in [-0.05, 0) is 49.4 Å². The van der Waals surface area contributed by atoms with E-state index in [0.717, 1.165) is 23.8 Å². The van der Waals surface area contributed by atoms with Crippen LogP contribution in [0.2, 0.25) is 0 Å². The van der Waals surface area contributed by atoms with E-state index in [9.17, 15) is 0 Å². The fourth-order valence-electron chi connectivity index (χ4n) is 2.70. The Morgan fingerprint density at radius 3 is 2.53 bits per heavy atom. The lowest BCUT2D eigenvalue weighted by Gasteiger charge is -2.14. The quantitative estimate of drug-likeness (QED) is 0.773. The van der Waals surface area contributed by atoms with Crippen LogP contribution >= 0.6 is 0 Å². The Morgan fingerprint density at radius 1 is 1.18 bits per heavy atom. The highest BCUT2D eigenvalue weighted by Gasteiger charge is 2.14. The highest BCUT2D eigenvalue weighted by atomic mass is 14.9. The zero-order valence-corrected chi connectivity index (χ0v) is 11.1. The molecular weight excluding hydrogens is 208 g/mol. The van der Waals surface area contributed by atoms with Crippen molar-refractivity contribution in [2.24, 2.45) is 5.92 Å². The largest absolute Gasteiger partial charge is 0.397 e. The number of anilines is 2. The molecule has 1 saturated carbocycles. The highest BCUT2D eigenvalue weighted by Crippen LogP contribution is 2.28. The minimum atomic E-state index is 0.875. The molecule has 1 aromatic carbocycles. The summed E-state index contributed by atoms with van der Waals surface area (Å²) in [6.45, 7) is 5.29. The van der Waals surface area contributed by atoms with Crippen molar-refractivity contribution in [3.63, 3.8) is 0 Å². The molecule has 0 aromatic heterocycles. The van der Waals surface area contributed by atoms with E-state index in [0.29, 0.717) is 0 Å². The standard InChI is InChI=1S/C15H24N2/c1-11-9-14(16)15(10-12(11)2)17-8-7-13-5-3-4-6-13/h9-10,13,17H,3-8,16H2,1-2H3. The van der Waals surface area contributed by atoms with Crippen molar-refractivity contribution < 1.29 is 0 Å². The molecule has 0 amide bonds. The second kappa shape index (κ2) is 5.44. The van der Waals surface area contributed by atoms with Gasteiger partial charge in [-0.3, -0.25) is 0 Å². The van der Waals surface area contributed by atoms with Crippen molar-refractivity contribution in [1.82, 2.24) is 0 Å². The lowest BCUT2D eigenvalue weighted by molar-refractivity contribution is 0.519. The van der Waals surface area contributed by atoms with Gasteiger partial charge >= 0.3 is 0 Å². The van der Waals surface area contributed by atoms with Crippen LogP contribution in [-0.4, -0.2) is 6.54 Å². The van der Waals surface area contributed by atoms with Gasteiger partial charge < -0.3 is 11.1 Å². The van der Waals surface area contributed by atoms with Gasteiger partial charge in [0.15, 0.2) is 0 Å². The minimum absolute atomic E-state index is 0.875. The summed E-state index contributed by atoms with van der Waals surface area (Å²) in [7, 11) is 0. The van der Waals surface area contributed by atoms with E-state index < -0.39 is 0 Å². The summed E-state index contributed by atoms with van der Waals surface area (Å²) in [5.74, 6) is 0.940. The molecule has 1 aliphatic carbocycles. The summed E-state index contributed by atoms with van der Waals surface area (Å²) in [5, 5.41) is 3.48. The first-order valence-corrected chi connectivity index (χ1v) is 6.77. The van der Waals surface area contributed by atoms with Crippen LogP contribution in [0.25, 0.3) is 0 Å². The predicted molar refractivity (Wildman–Crippen MR) is 75.4 cm³/mol. The molecule has 1 fully saturated rings. The molecule has 0 saturated heterocycles. The molecule has 0 atom stereocenters. The molecule has 1 aromatic rings. The first kappa shape index (κ1) is 12.3. The van der Waals surface area contributed by atoms with E-state index in [1.165, 1.54) is 43.2 Å². The molecule has 0 spiro atoms. The fraction of sp³-hybridized carbons (Fsp3) is 0.600. The maximum absolute atomic E-state index is 6.02. The molecular formula is C15H24N2. The van der Waals surface area contributed by atoms with Gasteiger partial charge in [-0.1, -0.05) is 25.7 Å². The van der Waals surface area contributed by atoms with E-state index in [4.69, 9.17) is 5.73 Å². The summed E-state index contributed by atoms with van der Waals surface area (Å²) >= 11 is 0. The SMILES string of the molecule is Cc1cc(N)c(NCCC2CCCC2)cc1C. The third-order valence-electron chi connectivity index (χ3n) is 4.01. The Balaban J connectivity index is 1.87. The van der Waals surface area contributed by atoms with Gasteiger partial charge in [0.05, 0.1) is 11.4 Å². The summed E-state index contributed by atoms with van der Waals surface area (Å²) in [6.07, 6.45) is 6.98. The third kappa shape index (κ3) is 3.15. The summed E-state index contributed by atoms with van der Waals surface area (Å²) in [6, 6.07) is 4.23. The zero-order chi connectivity index (χ0) is 12.3. The smallest absolute Gasteiger partial charge is 0.0576 e. The van der Waals surface area contributed by atoms with Crippen molar-refractivity contribution in [1.29, 1.82) is 0 Å². The monoisotopic (exact) mass is 232 g/mol. The Labute approximate surface area is 105 Å². The maximum atomic E-state index is 6.02. The number of nitrogens with one attached hydrogen (secondary N) is 1. The Kier molecular flexibility index (Phi) is 3.93. The van der Waals surface area contributed by atoms with Crippen molar-refractivity contribution in [3.05, 3.63) is 23.3 Å². The Bertz CT molecular complexity index is 379. The van der Waals surface area contributed by atoms with Crippen LogP contribution in [0.4, 0.5) is 11.4 Å². The molecule has 0 bridgehead atoms. The van der Waals surface area contributed by atoms with Crippen LogP contribution in [0.1, 0.15) is 43.2 Å². The number of nitrogens with two attached hydrogens (primary N) is 1. The molecule has 2 heteroatoms. The van der Waals surface area contributed by atoms with Crippen LogP contribution in [0.5, 0.6) is 0 Å². The second-order valence-corrected chi connectivity index (χ2v) is 5.39. The van der Waals surface area contributed by atoms with Gasteiger partial charge in [0.2, 0.25) is 0 Å². The van der Waals surface area contributed by atoms with Crippen molar-refractivity contribution in [2.45, 2.75) is 46.0 Å². The lowest BCUT2D eigenvalue weighted by atomic mass is 10.0. The molecule has 0 unspecified atom stereocenters. The van der Waals surface area contributed by atoms with Gasteiger partial charge in [-0.25, -0.2) is 0 Å². The number of nitrogen functional groups attached to an aromatic ring is 1. The Hall–Kier alpha value is -1.18. The van der Waals surface area contributed by atoms with E-state index in [1.807, 2.05) is 0 Å². The fourth-order valence-corrected chi connectivity index (χ4v) is 2.70. The molecule has 3 N–H and O–H groups in total. The van der Waals surface area contributed by atoms with E-state index in [2.05, 4.69) is 31.3 Å². The maximum Gasteiger partial charge on any atom is 0.0576 e. The average Bonchev–Trinajstić information content (AvgIpc) is 2.78. The van der Waals surface area contributed by atoms with Gasteiger partial charge in [0.1, 0.15) is 0 Å². The number of benzene rings is 1. The minimum Gasteiger partial charge on any atom is -0.397 e. The van der Waals surface area contributed by atoms with Crippen LogP contribution in [-0.2, 0) is 0 Å². The first-order valence-electron chi connectivity index (χ1n) is 6.77. The topological polar surface area (TPSA) is 38.0 Å². The number of hydrogen-bond acceptors (Lipinski definition) is 2. The lowest BCUT2D eigenvalue weighted by Crippen LogP contribution is -2.08. The third-order valence-corrected chi connectivity index (χ3v) is 4.01. The molecule has 0 radical (unpaired) electrons.